The van der Waals surface area contributed by atoms with Crippen LogP contribution in [0.1, 0.15) is 104 Å². The van der Waals surface area contributed by atoms with Gasteiger partial charge in [0.1, 0.15) is 34.3 Å². The topological polar surface area (TPSA) is 176 Å². The number of hydrogen-bond acceptors (Lipinski definition) is 8. The van der Waals surface area contributed by atoms with E-state index in [0.717, 1.165) is 67.1 Å². The molecule has 4 bridgehead atoms. The number of hydrogen-bond donors (Lipinski definition) is 3. The van der Waals surface area contributed by atoms with E-state index in [4.69, 9.17) is 8.83 Å². The fraction of sp³-hybridized carbons (Fsp3) is 0.281. The van der Waals surface area contributed by atoms with E-state index in [-0.39, 0.29) is 64.3 Å². The number of furan rings is 2. The van der Waals surface area contributed by atoms with E-state index in [2.05, 4.69) is 10.6 Å². The van der Waals surface area contributed by atoms with Crippen molar-refractivity contribution in [1.29, 1.82) is 0 Å². The molecule has 3 amide bonds. The van der Waals surface area contributed by atoms with Crippen molar-refractivity contribution in [3.63, 3.8) is 0 Å². The van der Waals surface area contributed by atoms with Crippen molar-refractivity contribution in [2.75, 3.05) is 28.2 Å². The molecule has 78 heavy (non-hydrogen) atoms. The van der Waals surface area contributed by atoms with Crippen molar-refractivity contribution < 1.29 is 51.5 Å². The summed E-state index contributed by atoms with van der Waals surface area (Å²) in [5.74, 6) is -0.219. The highest BCUT2D eigenvalue weighted by molar-refractivity contribution is 6.13. The molecule has 0 saturated heterocycles. The fourth-order valence-electron chi connectivity index (χ4n) is 12.3. The van der Waals surface area contributed by atoms with E-state index in [1.165, 1.54) is 48.3 Å². The molecular weight excluding hydrogens is 993 g/mol. The molecule has 3 N–H and O–H groups in total. The van der Waals surface area contributed by atoms with Gasteiger partial charge in [-0.25, -0.2) is 8.78 Å². The molecule has 0 atom stereocenters. The third kappa shape index (κ3) is 9.69. The molecule has 6 aliphatic carbocycles. The van der Waals surface area contributed by atoms with Gasteiger partial charge in [-0.1, -0.05) is 36.4 Å². The number of carboxylic acids is 1. The summed E-state index contributed by atoms with van der Waals surface area (Å²) >= 11 is 0. The molecule has 6 aromatic carbocycles. The van der Waals surface area contributed by atoms with Gasteiger partial charge in [0.05, 0.1) is 24.0 Å². The average Bonchev–Trinajstić information content (AvgIpc) is 4.02. The molecule has 14 heteroatoms. The summed E-state index contributed by atoms with van der Waals surface area (Å²) in [4.78, 5) is 78.6. The fourth-order valence-corrected chi connectivity index (χ4v) is 12.3. The Morgan fingerprint density at radius 3 is 1.29 bits per heavy atom. The van der Waals surface area contributed by atoms with Crippen LogP contribution >= 0.6 is 0 Å². The van der Waals surface area contributed by atoms with Crippen molar-refractivity contribution in [2.45, 2.75) is 64.2 Å². The first-order chi connectivity index (χ1) is 37.4. The van der Waals surface area contributed by atoms with Gasteiger partial charge in [-0.2, -0.15) is 0 Å². The Morgan fingerprint density at radius 2 is 0.949 bits per heavy atom. The summed E-state index contributed by atoms with van der Waals surface area (Å²) in [7, 11) is 6.46. The van der Waals surface area contributed by atoms with Crippen molar-refractivity contribution in [3.05, 3.63) is 166 Å². The highest BCUT2D eigenvalue weighted by atomic mass is 19.1. The van der Waals surface area contributed by atoms with Crippen molar-refractivity contribution in [2.24, 2.45) is 22.7 Å². The Hall–Kier alpha value is -8.52. The van der Waals surface area contributed by atoms with Crippen molar-refractivity contribution >= 4 is 57.2 Å². The SMILES string of the molecule is CNC(=O)c1c(-c2ccc(F)cc2)oc2cc(CC(=O)N(C)C)c(-c3cccc(C(=O)CC45CC(C4)C5)c3)cc12.CNC(=O)c1c(-c2ccc(F)cc2)oc2cc(CC(=O)O)c(-c3cccc(C(=O)CC45CC(C4)C5)c3)cc12. The van der Waals surface area contributed by atoms with E-state index in [1.807, 2.05) is 36.4 Å². The number of aliphatic carboxylic acids is 1. The number of ketones is 2. The maximum Gasteiger partial charge on any atom is 0.307 e. The summed E-state index contributed by atoms with van der Waals surface area (Å²) in [6.45, 7) is 0. The van der Waals surface area contributed by atoms with Gasteiger partial charge in [-0.15, -0.1) is 0 Å². The lowest BCUT2D eigenvalue weighted by atomic mass is 9.43. The normalized spacial score (nSPS) is 19.3. The zero-order chi connectivity index (χ0) is 54.8. The minimum atomic E-state index is -1.02. The number of rotatable bonds is 16. The summed E-state index contributed by atoms with van der Waals surface area (Å²) < 4.78 is 39.5. The Bertz CT molecular complexity index is 3740. The summed E-state index contributed by atoms with van der Waals surface area (Å²) in [5.41, 5.74) is 8.16. The zero-order valence-corrected chi connectivity index (χ0v) is 43.7. The van der Waals surface area contributed by atoms with Crippen LogP contribution in [0.15, 0.2) is 130 Å². The lowest BCUT2D eigenvalue weighted by molar-refractivity contribution is -0.136. The lowest BCUT2D eigenvalue weighted by Crippen LogP contribution is -2.52. The molecule has 396 valence electrons. The monoisotopic (exact) mass is 1050 g/mol. The van der Waals surface area contributed by atoms with E-state index < -0.39 is 17.6 Å². The van der Waals surface area contributed by atoms with Gasteiger partial charge in [0.25, 0.3) is 11.8 Å². The first kappa shape index (κ1) is 51.6. The summed E-state index contributed by atoms with van der Waals surface area (Å²) in [5, 5.41) is 16.0. The molecule has 12 nitrogen and oxygen atoms in total. The summed E-state index contributed by atoms with van der Waals surface area (Å²) in [6.07, 6.45) is 7.84. The first-order valence-electron chi connectivity index (χ1n) is 26.3. The largest absolute Gasteiger partial charge is 0.481 e. The standard InChI is InChI=1S/C33H31FN2O4.C31H26FNO5/c1-35-32(39)30-26-14-25(21-5-4-6-22(11-21)27(37)18-33-15-19(16-33)17-33)23(13-29(38)36(2)3)12-28(26)40-31(30)20-7-9-24(34)10-8-20;1-33-30(37)28-24-12-23(19-3-2-4-20(9-19)25(34)16-31-13-17(14-31)15-31)21(11-27(35)36)10-26(24)38-29(28)18-5-7-22(32)8-6-18/h4-12,14,19H,13,15-18H2,1-3H3,(H,35,39);2-10,12,17H,11,13-16H2,1H3,(H,33,37)(H,35,36). The smallest absolute Gasteiger partial charge is 0.307 e. The van der Waals surface area contributed by atoms with Crippen LogP contribution in [0.5, 0.6) is 0 Å². The predicted molar refractivity (Wildman–Crippen MR) is 292 cm³/mol. The molecule has 6 saturated carbocycles. The number of nitrogens with one attached hydrogen (secondary N) is 2. The third-order valence-corrected chi connectivity index (χ3v) is 16.5. The van der Waals surface area contributed by atoms with E-state index >= 15 is 0 Å². The minimum Gasteiger partial charge on any atom is -0.481 e. The first-order valence-corrected chi connectivity index (χ1v) is 26.3. The van der Waals surface area contributed by atoms with E-state index in [9.17, 15) is 42.7 Å². The molecule has 6 fully saturated rings. The number of amides is 3. The lowest BCUT2D eigenvalue weighted by Gasteiger charge is -2.62. The second kappa shape index (κ2) is 20.1. The molecule has 6 aliphatic rings. The molecule has 14 rings (SSSR count). The van der Waals surface area contributed by atoms with Crippen molar-refractivity contribution in [1.82, 2.24) is 15.5 Å². The van der Waals surface area contributed by atoms with Crippen LogP contribution in [-0.2, 0) is 22.4 Å². The maximum absolute atomic E-state index is 13.6. The maximum atomic E-state index is 13.6. The molecule has 0 unspecified atom stereocenters. The molecule has 2 aromatic heterocycles. The van der Waals surface area contributed by atoms with Gasteiger partial charge in [0, 0.05) is 74.1 Å². The van der Waals surface area contributed by atoms with Crippen LogP contribution in [0, 0.1) is 34.3 Å². The number of benzene rings is 6. The molecule has 2 heterocycles. The van der Waals surface area contributed by atoms with Gasteiger partial charge in [0.2, 0.25) is 5.91 Å². The Labute approximate surface area is 448 Å². The number of halogens is 2. The zero-order valence-electron chi connectivity index (χ0n) is 43.7. The average molecular weight is 1050 g/mol. The minimum absolute atomic E-state index is 0.0895. The molecule has 8 aromatic rings. The van der Waals surface area contributed by atoms with Gasteiger partial charge < -0.3 is 29.5 Å². The van der Waals surface area contributed by atoms with E-state index in [0.29, 0.717) is 85.0 Å². The highest BCUT2D eigenvalue weighted by Crippen LogP contribution is 2.67. The molecule has 0 radical (unpaired) electrons. The molecule has 0 aliphatic heterocycles. The molecular formula is C64H57F2N3O9. The Morgan fingerprint density at radius 1 is 0.551 bits per heavy atom. The number of carbonyl (C=O) groups excluding carboxylic acids is 5. The summed E-state index contributed by atoms with van der Waals surface area (Å²) in [6, 6.07) is 33.2. The van der Waals surface area contributed by atoms with Crippen LogP contribution in [-0.4, -0.2) is 73.5 Å². The van der Waals surface area contributed by atoms with Gasteiger partial charge in [-0.05, 0) is 180 Å². The van der Waals surface area contributed by atoms with Gasteiger partial charge in [0.15, 0.2) is 11.6 Å². The van der Waals surface area contributed by atoms with Crippen LogP contribution in [0.3, 0.4) is 0 Å². The number of Topliss-reactive ketones (excluding diaryl/α,β-unsaturated/α-hetero) is 2. The predicted octanol–water partition coefficient (Wildman–Crippen LogP) is 12.5. The van der Waals surface area contributed by atoms with Crippen molar-refractivity contribution in [3.8, 4) is 44.9 Å². The number of carboxylic acid groups (broad SMARTS) is 1. The van der Waals surface area contributed by atoms with Crippen LogP contribution in [0.4, 0.5) is 8.78 Å². The van der Waals surface area contributed by atoms with Crippen LogP contribution in [0.25, 0.3) is 66.8 Å². The number of nitrogens with zero attached hydrogens (tertiary/aromatic N) is 1. The second-order valence-corrected chi connectivity index (χ2v) is 22.1. The van der Waals surface area contributed by atoms with E-state index in [1.54, 1.807) is 69.7 Å². The van der Waals surface area contributed by atoms with Gasteiger partial charge in [-0.3, -0.25) is 28.8 Å². The number of carbonyl (C=O) groups is 6. The van der Waals surface area contributed by atoms with Gasteiger partial charge >= 0.3 is 5.97 Å². The molecule has 0 spiro atoms. The Balaban J connectivity index is 0.000000166. The number of fused-ring (bicyclic) bond motifs is 2. The third-order valence-electron chi connectivity index (χ3n) is 16.5. The number of likely N-dealkylation sites (N-methyl/N-ethyl adjacent to an activating group) is 1. The quantitative estimate of drug-likeness (QED) is 0.0795. The van der Waals surface area contributed by atoms with Crippen LogP contribution in [0.2, 0.25) is 0 Å². The second-order valence-electron chi connectivity index (χ2n) is 22.1. The Kier molecular flexibility index (Phi) is 13.3. The van der Waals surface area contributed by atoms with Crippen LogP contribution < -0.4 is 10.6 Å². The highest BCUT2D eigenvalue weighted by Gasteiger charge is 2.57.